The number of hydrogen-bond acceptors (Lipinski definition) is 4. The smallest absolute Gasteiger partial charge is 0.354 e. The molecule has 0 atom stereocenters. The van der Waals surface area contributed by atoms with Gasteiger partial charge in [-0.25, -0.2) is 9.48 Å². The summed E-state index contributed by atoms with van der Waals surface area (Å²) < 4.78 is 1.27. The second kappa shape index (κ2) is 5.09. The third-order valence-electron chi connectivity index (χ3n) is 2.93. The first-order valence-corrected chi connectivity index (χ1v) is 6.19. The van der Waals surface area contributed by atoms with Crippen molar-refractivity contribution in [2.75, 3.05) is 0 Å². The lowest BCUT2D eigenvalue weighted by atomic mass is 10.2. The van der Waals surface area contributed by atoms with Crippen molar-refractivity contribution in [1.29, 1.82) is 0 Å². The number of carbonyl (C=O) groups is 1. The van der Waals surface area contributed by atoms with Crippen molar-refractivity contribution in [2.24, 2.45) is 0 Å². The molecule has 1 aromatic carbocycles. The van der Waals surface area contributed by atoms with Gasteiger partial charge in [0.05, 0.1) is 11.4 Å². The topological polar surface area (TPSA) is 88.2 Å². The Morgan fingerprint density at radius 3 is 2.57 bits per heavy atom. The highest BCUT2D eigenvalue weighted by molar-refractivity contribution is 5.88. The van der Waals surface area contributed by atoms with Gasteiger partial charge in [-0.15, -0.1) is 0 Å². The standard InChI is InChI=1S/C15H11N3O3/c19-11-5-3-4-10(8-11)18-14(15(20)21)9-13(17-18)12-6-1-2-7-16-12/h1-9,19H,(H,20,21). The van der Waals surface area contributed by atoms with Crippen molar-refractivity contribution in [3.63, 3.8) is 0 Å². The molecule has 104 valence electrons. The molecule has 0 fully saturated rings. The van der Waals surface area contributed by atoms with Gasteiger partial charge in [0.1, 0.15) is 11.4 Å². The van der Waals surface area contributed by atoms with Gasteiger partial charge in [-0.3, -0.25) is 4.98 Å². The summed E-state index contributed by atoms with van der Waals surface area (Å²) in [6.07, 6.45) is 1.61. The van der Waals surface area contributed by atoms with Crippen LogP contribution >= 0.6 is 0 Å². The predicted molar refractivity (Wildman–Crippen MR) is 75.4 cm³/mol. The van der Waals surface area contributed by atoms with Crippen LogP contribution in [0.1, 0.15) is 10.5 Å². The summed E-state index contributed by atoms with van der Waals surface area (Å²) >= 11 is 0. The van der Waals surface area contributed by atoms with Gasteiger partial charge in [-0.1, -0.05) is 12.1 Å². The number of phenolic OH excluding ortho intramolecular Hbond substituents is 1. The molecule has 0 saturated carbocycles. The van der Waals surface area contributed by atoms with E-state index >= 15 is 0 Å². The first-order chi connectivity index (χ1) is 10.1. The molecule has 0 bridgehead atoms. The fourth-order valence-electron chi connectivity index (χ4n) is 1.99. The van der Waals surface area contributed by atoms with Gasteiger partial charge < -0.3 is 10.2 Å². The highest BCUT2D eigenvalue weighted by Crippen LogP contribution is 2.22. The van der Waals surface area contributed by atoms with Crippen molar-refractivity contribution >= 4 is 5.97 Å². The molecular formula is C15H11N3O3. The zero-order valence-corrected chi connectivity index (χ0v) is 10.8. The average molecular weight is 281 g/mol. The molecule has 2 heterocycles. The highest BCUT2D eigenvalue weighted by Gasteiger charge is 2.17. The SMILES string of the molecule is O=C(O)c1cc(-c2ccccn2)nn1-c1cccc(O)c1. The van der Waals surface area contributed by atoms with Gasteiger partial charge in [0.25, 0.3) is 0 Å². The molecule has 2 N–H and O–H groups in total. The molecule has 3 aromatic rings. The van der Waals surface area contributed by atoms with Crippen LogP contribution in [0, 0.1) is 0 Å². The Balaban J connectivity index is 2.16. The quantitative estimate of drug-likeness (QED) is 0.769. The molecule has 6 heteroatoms. The van der Waals surface area contributed by atoms with E-state index in [0.29, 0.717) is 17.1 Å². The predicted octanol–water partition coefficient (Wildman–Crippen LogP) is 2.34. The van der Waals surface area contributed by atoms with Gasteiger partial charge in [0.2, 0.25) is 0 Å². The molecule has 2 aromatic heterocycles. The normalized spacial score (nSPS) is 10.5. The third-order valence-corrected chi connectivity index (χ3v) is 2.93. The Labute approximate surface area is 119 Å². The minimum Gasteiger partial charge on any atom is -0.508 e. The summed E-state index contributed by atoms with van der Waals surface area (Å²) in [5, 5.41) is 23.1. The molecule has 0 amide bonds. The van der Waals surface area contributed by atoms with Crippen molar-refractivity contribution in [2.45, 2.75) is 0 Å². The molecule has 21 heavy (non-hydrogen) atoms. The van der Waals surface area contributed by atoms with E-state index in [1.165, 1.54) is 22.9 Å². The third kappa shape index (κ3) is 2.46. The summed E-state index contributed by atoms with van der Waals surface area (Å²) in [5.74, 6) is -1.06. The van der Waals surface area contributed by atoms with Crippen molar-refractivity contribution in [3.05, 3.63) is 60.4 Å². The van der Waals surface area contributed by atoms with E-state index in [9.17, 15) is 15.0 Å². The Bertz CT molecular complexity index is 797. The number of nitrogens with zero attached hydrogens (tertiary/aromatic N) is 3. The monoisotopic (exact) mass is 281 g/mol. The van der Waals surface area contributed by atoms with Crippen LogP contribution in [-0.4, -0.2) is 30.9 Å². The summed E-state index contributed by atoms with van der Waals surface area (Å²) in [7, 11) is 0. The molecule has 0 aliphatic rings. The molecule has 0 aliphatic carbocycles. The zero-order chi connectivity index (χ0) is 14.8. The Morgan fingerprint density at radius 2 is 1.90 bits per heavy atom. The number of carboxylic acid groups (broad SMARTS) is 1. The minimum absolute atomic E-state index is 0.00116. The van der Waals surface area contributed by atoms with E-state index in [0.717, 1.165) is 0 Å². The number of rotatable bonds is 3. The van der Waals surface area contributed by atoms with Crippen molar-refractivity contribution in [3.8, 4) is 22.8 Å². The molecule has 0 spiro atoms. The summed E-state index contributed by atoms with van der Waals surface area (Å²) in [6.45, 7) is 0. The van der Waals surface area contributed by atoms with Crippen LogP contribution in [-0.2, 0) is 0 Å². The molecule has 6 nitrogen and oxygen atoms in total. The first kappa shape index (κ1) is 12.9. The maximum absolute atomic E-state index is 11.4. The lowest BCUT2D eigenvalue weighted by Gasteiger charge is -2.04. The number of aromatic nitrogens is 3. The average Bonchev–Trinajstić information content (AvgIpc) is 2.93. The summed E-state index contributed by atoms with van der Waals surface area (Å²) in [6, 6.07) is 13.0. The highest BCUT2D eigenvalue weighted by atomic mass is 16.4. The van der Waals surface area contributed by atoms with E-state index < -0.39 is 5.97 Å². The molecule has 0 radical (unpaired) electrons. The summed E-state index contributed by atoms with van der Waals surface area (Å²) in [5.41, 5.74) is 1.51. The fourth-order valence-corrected chi connectivity index (χ4v) is 1.99. The van der Waals surface area contributed by atoms with Crippen molar-refractivity contribution in [1.82, 2.24) is 14.8 Å². The van der Waals surface area contributed by atoms with Crippen molar-refractivity contribution < 1.29 is 15.0 Å². The Morgan fingerprint density at radius 1 is 1.05 bits per heavy atom. The summed E-state index contributed by atoms with van der Waals surface area (Å²) in [4.78, 5) is 15.5. The minimum atomic E-state index is -1.10. The van der Waals surface area contributed by atoms with Gasteiger partial charge in [0.15, 0.2) is 5.69 Å². The number of carboxylic acids is 1. The Hall–Kier alpha value is -3.15. The van der Waals surface area contributed by atoms with E-state index in [-0.39, 0.29) is 11.4 Å². The van der Waals surface area contributed by atoms with E-state index in [1.54, 1.807) is 36.5 Å². The molecule has 0 unspecified atom stereocenters. The van der Waals surface area contributed by atoms with Crippen LogP contribution in [0.3, 0.4) is 0 Å². The zero-order valence-electron chi connectivity index (χ0n) is 10.8. The molecule has 0 saturated heterocycles. The largest absolute Gasteiger partial charge is 0.508 e. The number of hydrogen-bond donors (Lipinski definition) is 2. The first-order valence-electron chi connectivity index (χ1n) is 6.19. The van der Waals surface area contributed by atoms with E-state index in [1.807, 2.05) is 0 Å². The van der Waals surface area contributed by atoms with Crippen LogP contribution < -0.4 is 0 Å². The lowest BCUT2D eigenvalue weighted by Crippen LogP contribution is -2.07. The molecule has 0 aliphatic heterocycles. The maximum atomic E-state index is 11.4. The maximum Gasteiger partial charge on any atom is 0.354 e. The second-order valence-corrected chi connectivity index (χ2v) is 4.37. The number of aromatic hydroxyl groups is 1. The molecular weight excluding hydrogens is 270 g/mol. The van der Waals surface area contributed by atoms with E-state index in [4.69, 9.17) is 0 Å². The fraction of sp³-hybridized carbons (Fsp3) is 0. The van der Waals surface area contributed by atoms with Crippen LogP contribution in [0.25, 0.3) is 17.1 Å². The number of benzene rings is 1. The van der Waals surface area contributed by atoms with Gasteiger partial charge in [-0.05, 0) is 24.3 Å². The van der Waals surface area contributed by atoms with Gasteiger partial charge in [0, 0.05) is 18.3 Å². The van der Waals surface area contributed by atoms with E-state index in [2.05, 4.69) is 10.1 Å². The van der Waals surface area contributed by atoms with Gasteiger partial charge in [-0.2, -0.15) is 5.10 Å². The number of pyridine rings is 1. The van der Waals surface area contributed by atoms with Crippen LogP contribution in [0.15, 0.2) is 54.7 Å². The number of aromatic carboxylic acids is 1. The van der Waals surface area contributed by atoms with Crippen LogP contribution in [0.2, 0.25) is 0 Å². The molecule has 3 rings (SSSR count). The van der Waals surface area contributed by atoms with Crippen LogP contribution in [0.5, 0.6) is 5.75 Å². The number of phenols is 1. The lowest BCUT2D eigenvalue weighted by molar-refractivity contribution is 0.0687. The second-order valence-electron chi connectivity index (χ2n) is 4.37. The van der Waals surface area contributed by atoms with Gasteiger partial charge >= 0.3 is 5.97 Å². The Kier molecular flexibility index (Phi) is 3.12. The van der Waals surface area contributed by atoms with Crippen LogP contribution in [0.4, 0.5) is 0 Å².